The van der Waals surface area contributed by atoms with Crippen molar-refractivity contribution < 1.29 is 4.79 Å². The monoisotopic (exact) mass is 256 g/mol. The molecule has 0 spiro atoms. The highest BCUT2D eigenvalue weighted by Crippen LogP contribution is 2.24. The number of nitrogens with zero attached hydrogens (tertiary/aromatic N) is 1. The number of carbonyl (C=O) groups excluding carboxylic acids is 1. The predicted molar refractivity (Wildman–Crippen MR) is 73.3 cm³/mol. The molecule has 2 fully saturated rings. The normalized spacial score (nSPS) is 26.1. The highest BCUT2D eigenvalue weighted by Gasteiger charge is 2.27. The van der Waals surface area contributed by atoms with Crippen LogP contribution in [0, 0.1) is 5.92 Å². The number of nitrogens with one attached hydrogen (secondary N) is 1. The van der Waals surface area contributed by atoms with Gasteiger partial charge in [0, 0.05) is 24.8 Å². The van der Waals surface area contributed by atoms with Gasteiger partial charge in [0.15, 0.2) is 0 Å². The van der Waals surface area contributed by atoms with Crippen LogP contribution in [0.4, 0.5) is 0 Å². The van der Waals surface area contributed by atoms with Gasteiger partial charge in [-0.05, 0) is 50.9 Å². The molecule has 1 amide bonds. The van der Waals surface area contributed by atoms with E-state index in [2.05, 4.69) is 17.1 Å². The minimum absolute atomic E-state index is 0.395. The van der Waals surface area contributed by atoms with E-state index in [0.717, 1.165) is 31.8 Å². The summed E-state index contributed by atoms with van der Waals surface area (Å²) in [6.07, 6.45) is 4.30. The van der Waals surface area contributed by atoms with Crippen LogP contribution in [0.3, 0.4) is 0 Å². The second-order valence-corrected chi connectivity index (χ2v) is 6.24. The van der Waals surface area contributed by atoms with Crippen LogP contribution in [0.2, 0.25) is 0 Å². The zero-order valence-electron chi connectivity index (χ0n) is 10.8. The van der Waals surface area contributed by atoms with Crippen LogP contribution >= 0.6 is 11.8 Å². The highest BCUT2D eigenvalue weighted by molar-refractivity contribution is 7.99. The van der Waals surface area contributed by atoms with E-state index in [0.29, 0.717) is 17.9 Å². The van der Waals surface area contributed by atoms with Gasteiger partial charge >= 0.3 is 0 Å². The molecule has 2 aliphatic heterocycles. The maximum absolute atomic E-state index is 12.3. The van der Waals surface area contributed by atoms with Gasteiger partial charge in [-0.3, -0.25) is 4.79 Å². The number of hydrogen-bond acceptors (Lipinski definition) is 3. The molecule has 3 nitrogen and oxygen atoms in total. The third kappa shape index (κ3) is 3.62. The van der Waals surface area contributed by atoms with Crippen molar-refractivity contribution in [2.75, 3.05) is 31.1 Å². The van der Waals surface area contributed by atoms with E-state index >= 15 is 0 Å². The number of thioether (sulfide) groups is 1. The third-order valence-corrected chi connectivity index (χ3v) is 5.07. The van der Waals surface area contributed by atoms with E-state index in [9.17, 15) is 4.79 Å². The molecular formula is C13H24N2OS. The first-order valence-electron chi connectivity index (χ1n) is 6.89. The van der Waals surface area contributed by atoms with E-state index in [1.165, 1.54) is 25.0 Å². The number of rotatable bonds is 4. The van der Waals surface area contributed by atoms with Crippen molar-refractivity contribution in [3.8, 4) is 0 Å². The van der Waals surface area contributed by atoms with E-state index in [1.807, 2.05) is 11.8 Å². The van der Waals surface area contributed by atoms with Crippen LogP contribution < -0.4 is 5.32 Å². The summed E-state index contributed by atoms with van der Waals surface area (Å²) in [6, 6.07) is 0.513. The molecular weight excluding hydrogens is 232 g/mol. The average molecular weight is 256 g/mol. The van der Waals surface area contributed by atoms with Gasteiger partial charge in [-0.2, -0.15) is 11.8 Å². The van der Waals surface area contributed by atoms with Gasteiger partial charge in [-0.1, -0.05) is 0 Å². The van der Waals surface area contributed by atoms with Crippen LogP contribution in [-0.2, 0) is 4.79 Å². The molecule has 0 aliphatic carbocycles. The van der Waals surface area contributed by atoms with E-state index < -0.39 is 0 Å². The Hall–Kier alpha value is -0.220. The van der Waals surface area contributed by atoms with Gasteiger partial charge in [0.2, 0.25) is 5.91 Å². The zero-order valence-corrected chi connectivity index (χ0v) is 11.6. The molecule has 0 aromatic heterocycles. The van der Waals surface area contributed by atoms with Crippen molar-refractivity contribution in [2.45, 2.75) is 38.6 Å². The maximum Gasteiger partial charge on any atom is 0.223 e. The second-order valence-electron chi connectivity index (χ2n) is 5.09. The van der Waals surface area contributed by atoms with Crippen molar-refractivity contribution in [3.05, 3.63) is 0 Å². The molecule has 4 heteroatoms. The first-order chi connectivity index (χ1) is 8.31. The van der Waals surface area contributed by atoms with Gasteiger partial charge in [-0.25, -0.2) is 0 Å². The number of hydrogen-bond donors (Lipinski definition) is 1. The fourth-order valence-electron chi connectivity index (χ4n) is 2.86. The molecule has 2 heterocycles. The summed E-state index contributed by atoms with van der Waals surface area (Å²) in [6.45, 7) is 5.17. The number of piperidine rings is 1. The molecule has 1 atom stereocenters. The van der Waals surface area contributed by atoms with E-state index in [-0.39, 0.29) is 0 Å². The maximum atomic E-state index is 12.3. The van der Waals surface area contributed by atoms with E-state index in [4.69, 9.17) is 0 Å². The number of carbonyl (C=O) groups is 1. The first kappa shape index (κ1) is 13.2. The van der Waals surface area contributed by atoms with Crippen LogP contribution in [0.1, 0.15) is 32.6 Å². The Bertz CT molecular complexity index is 248. The fourth-order valence-corrected chi connectivity index (χ4v) is 4.08. The summed E-state index contributed by atoms with van der Waals surface area (Å²) in [5.41, 5.74) is 0. The van der Waals surface area contributed by atoms with Gasteiger partial charge in [-0.15, -0.1) is 0 Å². The lowest BCUT2D eigenvalue weighted by Crippen LogP contribution is -2.41. The van der Waals surface area contributed by atoms with Crippen molar-refractivity contribution in [3.63, 3.8) is 0 Å². The molecule has 2 aliphatic rings. The third-order valence-electron chi connectivity index (χ3n) is 3.93. The second kappa shape index (κ2) is 6.64. The van der Waals surface area contributed by atoms with Crippen LogP contribution in [-0.4, -0.2) is 48.0 Å². The predicted octanol–water partition coefficient (Wildman–Crippen LogP) is 1.73. The van der Waals surface area contributed by atoms with Gasteiger partial charge in [0.1, 0.15) is 0 Å². The molecule has 2 saturated heterocycles. The molecule has 0 bridgehead atoms. The Morgan fingerprint density at radius 1 is 1.35 bits per heavy atom. The molecule has 0 aromatic rings. The minimum atomic E-state index is 0.395. The molecule has 17 heavy (non-hydrogen) atoms. The quantitative estimate of drug-likeness (QED) is 0.831. The van der Waals surface area contributed by atoms with Gasteiger partial charge < -0.3 is 10.2 Å². The standard InChI is InChI=1S/C13H24N2OS/c1-2-15(12-5-8-17-10-12)13(16)9-11-3-6-14-7-4-11/h11-12,14H,2-10H2,1H3. The van der Waals surface area contributed by atoms with Crippen LogP contribution in [0.15, 0.2) is 0 Å². The summed E-state index contributed by atoms with van der Waals surface area (Å²) in [4.78, 5) is 14.5. The fraction of sp³-hybridized carbons (Fsp3) is 0.923. The Kier molecular flexibility index (Phi) is 5.16. The largest absolute Gasteiger partial charge is 0.339 e. The van der Waals surface area contributed by atoms with Gasteiger partial charge in [0.25, 0.3) is 0 Å². The smallest absolute Gasteiger partial charge is 0.223 e. The summed E-state index contributed by atoms with van der Waals surface area (Å²) < 4.78 is 0. The summed E-state index contributed by atoms with van der Waals surface area (Å²) in [5.74, 6) is 3.38. The number of amides is 1. The Morgan fingerprint density at radius 2 is 2.12 bits per heavy atom. The molecule has 0 aromatic carbocycles. The SMILES string of the molecule is CCN(C(=O)CC1CCNCC1)C1CCSC1. The van der Waals surface area contributed by atoms with E-state index in [1.54, 1.807) is 0 Å². The lowest BCUT2D eigenvalue weighted by atomic mass is 9.94. The summed E-state index contributed by atoms with van der Waals surface area (Å²) in [5, 5.41) is 3.36. The first-order valence-corrected chi connectivity index (χ1v) is 8.04. The molecule has 1 unspecified atom stereocenters. The van der Waals surface area contributed by atoms with Crippen LogP contribution in [0.25, 0.3) is 0 Å². The van der Waals surface area contributed by atoms with Crippen molar-refractivity contribution >= 4 is 17.7 Å². The van der Waals surface area contributed by atoms with Gasteiger partial charge in [0.05, 0.1) is 0 Å². The zero-order chi connectivity index (χ0) is 12.1. The average Bonchev–Trinajstić information content (AvgIpc) is 2.85. The highest BCUT2D eigenvalue weighted by atomic mass is 32.2. The van der Waals surface area contributed by atoms with Crippen molar-refractivity contribution in [2.24, 2.45) is 5.92 Å². The molecule has 0 saturated carbocycles. The van der Waals surface area contributed by atoms with Crippen molar-refractivity contribution in [1.82, 2.24) is 10.2 Å². The van der Waals surface area contributed by atoms with Crippen molar-refractivity contribution in [1.29, 1.82) is 0 Å². The minimum Gasteiger partial charge on any atom is -0.339 e. The molecule has 0 radical (unpaired) electrons. The Labute approximate surface area is 109 Å². The molecule has 2 rings (SSSR count). The Balaban J connectivity index is 1.83. The molecule has 98 valence electrons. The van der Waals surface area contributed by atoms with Crippen LogP contribution in [0.5, 0.6) is 0 Å². The summed E-state index contributed by atoms with van der Waals surface area (Å²) in [7, 11) is 0. The Morgan fingerprint density at radius 3 is 2.71 bits per heavy atom. The lowest BCUT2D eigenvalue weighted by Gasteiger charge is -2.30. The molecule has 1 N–H and O–H groups in total. The summed E-state index contributed by atoms with van der Waals surface area (Å²) >= 11 is 1.99. The topological polar surface area (TPSA) is 32.3 Å². The lowest BCUT2D eigenvalue weighted by molar-refractivity contribution is -0.134.